The molecule has 11 heteroatoms. The van der Waals surface area contributed by atoms with Crippen LogP contribution in [0.4, 0.5) is 19.0 Å². The van der Waals surface area contributed by atoms with Gasteiger partial charge >= 0.3 is 6.18 Å². The molecule has 0 aliphatic carbocycles. The SMILES string of the molecule is Cc1cccc(-c2nc(NCc3ccc(-c4nc(C(F)(F)F)cn4C)cc3)c3[nH]cnc3n2)c1Cl. The van der Waals surface area contributed by atoms with Crippen LogP contribution in [0.25, 0.3) is 33.9 Å². The van der Waals surface area contributed by atoms with Crippen molar-refractivity contribution < 1.29 is 13.2 Å². The Labute approximate surface area is 203 Å². The topological polar surface area (TPSA) is 84.3 Å². The summed E-state index contributed by atoms with van der Waals surface area (Å²) in [5.74, 6) is 1.25. The summed E-state index contributed by atoms with van der Waals surface area (Å²) in [7, 11) is 1.54. The summed E-state index contributed by atoms with van der Waals surface area (Å²) in [6.07, 6.45) is -1.96. The van der Waals surface area contributed by atoms with Crippen molar-refractivity contribution in [1.29, 1.82) is 0 Å². The Morgan fingerprint density at radius 1 is 1.06 bits per heavy atom. The van der Waals surface area contributed by atoms with Gasteiger partial charge in [-0.2, -0.15) is 13.2 Å². The van der Waals surface area contributed by atoms with Gasteiger partial charge in [-0.15, -0.1) is 0 Å². The van der Waals surface area contributed by atoms with Crippen molar-refractivity contribution in [3.05, 3.63) is 76.8 Å². The molecule has 0 saturated carbocycles. The predicted molar refractivity (Wildman–Crippen MR) is 128 cm³/mol. The summed E-state index contributed by atoms with van der Waals surface area (Å²) in [4.78, 5) is 20.2. The standard InChI is InChI=1S/C24H19ClF3N7/c1-13-4-3-5-16(18(13)25)20-33-21(19-22(34-20)31-12-30-19)29-10-14-6-8-15(9-7-14)23-32-17(11-35(23)2)24(26,27)28/h3-9,11-12H,10H2,1-2H3,(H2,29,30,31,33,34). The van der Waals surface area contributed by atoms with E-state index in [1.54, 1.807) is 18.5 Å². The Morgan fingerprint density at radius 3 is 2.54 bits per heavy atom. The van der Waals surface area contributed by atoms with E-state index in [1.165, 1.54) is 11.6 Å². The lowest BCUT2D eigenvalue weighted by Crippen LogP contribution is -2.05. The normalized spacial score (nSPS) is 11.8. The number of halogens is 4. The summed E-state index contributed by atoms with van der Waals surface area (Å²) in [6.45, 7) is 2.33. The van der Waals surface area contributed by atoms with Crippen molar-refractivity contribution in [3.8, 4) is 22.8 Å². The van der Waals surface area contributed by atoms with E-state index in [0.29, 0.717) is 45.5 Å². The monoisotopic (exact) mass is 497 g/mol. The second-order valence-electron chi connectivity index (χ2n) is 8.04. The summed E-state index contributed by atoms with van der Waals surface area (Å²) in [6, 6.07) is 12.8. The molecule has 5 aromatic rings. The van der Waals surface area contributed by atoms with Gasteiger partial charge in [0.05, 0.1) is 11.3 Å². The molecular weight excluding hydrogens is 479 g/mol. The first-order chi connectivity index (χ1) is 16.7. The van der Waals surface area contributed by atoms with Crippen LogP contribution < -0.4 is 5.32 Å². The molecule has 0 fully saturated rings. The number of aromatic nitrogens is 6. The molecule has 7 nitrogen and oxygen atoms in total. The van der Waals surface area contributed by atoms with Crippen LogP contribution in [-0.4, -0.2) is 29.5 Å². The fourth-order valence-electron chi connectivity index (χ4n) is 3.73. The zero-order valence-electron chi connectivity index (χ0n) is 18.7. The van der Waals surface area contributed by atoms with Crippen LogP contribution in [0.15, 0.2) is 55.0 Å². The predicted octanol–water partition coefficient (Wildman–Crippen LogP) is 6.01. The van der Waals surface area contributed by atoms with Crippen molar-refractivity contribution >= 4 is 28.6 Å². The number of hydrogen-bond acceptors (Lipinski definition) is 5. The number of alkyl halides is 3. The number of anilines is 1. The van der Waals surface area contributed by atoms with Gasteiger partial charge in [0.15, 0.2) is 23.0 Å². The van der Waals surface area contributed by atoms with E-state index in [-0.39, 0.29) is 5.82 Å². The average molecular weight is 498 g/mol. The summed E-state index contributed by atoms with van der Waals surface area (Å²) in [5, 5.41) is 3.87. The number of benzene rings is 2. The minimum atomic E-state index is -4.49. The molecule has 5 rings (SSSR count). The Kier molecular flexibility index (Phi) is 5.68. The highest BCUT2D eigenvalue weighted by Gasteiger charge is 2.34. The van der Waals surface area contributed by atoms with E-state index < -0.39 is 11.9 Å². The largest absolute Gasteiger partial charge is 0.434 e. The van der Waals surface area contributed by atoms with Crippen LogP contribution in [0.5, 0.6) is 0 Å². The summed E-state index contributed by atoms with van der Waals surface area (Å²) < 4.78 is 40.3. The number of H-pyrrole nitrogens is 1. The highest BCUT2D eigenvalue weighted by atomic mass is 35.5. The fourth-order valence-corrected chi connectivity index (χ4v) is 3.94. The molecule has 0 amide bonds. The first kappa shape index (κ1) is 22.9. The molecule has 0 bridgehead atoms. The van der Waals surface area contributed by atoms with E-state index in [9.17, 15) is 13.2 Å². The molecule has 0 radical (unpaired) electrons. The number of rotatable bonds is 5. The highest BCUT2D eigenvalue weighted by molar-refractivity contribution is 6.34. The van der Waals surface area contributed by atoms with Crippen LogP contribution in [-0.2, 0) is 19.8 Å². The first-order valence-corrected chi connectivity index (χ1v) is 11.0. The van der Waals surface area contributed by atoms with Gasteiger partial charge in [-0.3, -0.25) is 0 Å². The van der Waals surface area contributed by atoms with E-state index >= 15 is 0 Å². The van der Waals surface area contributed by atoms with Gasteiger partial charge in [0.25, 0.3) is 0 Å². The average Bonchev–Trinajstić information content (AvgIpc) is 3.46. The summed E-state index contributed by atoms with van der Waals surface area (Å²) >= 11 is 6.48. The van der Waals surface area contributed by atoms with Crippen LogP contribution in [0.1, 0.15) is 16.8 Å². The first-order valence-electron chi connectivity index (χ1n) is 10.6. The molecule has 0 unspecified atom stereocenters. The number of fused-ring (bicyclic) bond motifs is 1. The van der Waals surface area contributed by atoms with E-state index in [0.717, 1.165) is 17.3 Å². The van der Waals surface area contributed by atoms with Gasteiger partial charge in [0.2, 0.25) is 0 Å². The second kappa shape index (κ2) is 8.70. The zero-order valence-corrected chi connectivity index (χ0v) is 19.4. The number of nitrogens with zero attached hydrogens (tertiary/aromatic N) is 5. The minimum absolute atomic E-state index is 0.242. The van der Waals surface area contributed by atoms with Crippen molar-refractivity contribution in [3.63, 3.8) is 0 Å². The zero-order chi connectivity index (χ0) is 24.7. The molecule has 178 valence electrons. The quantitative estimate of drug-likeness (QED) is 0.310. The Morgan fingerprint density at radius 2 is 1.83 bits per heavy atom. The Balaban J connectivity index is 1.40. The highest BCUT2D eigenvalue weighted by Crippen LogP contribution is 2.32. The lowest BCUT2D eigenvalue weighted by molar-refractivity contribution is -0.140. The Hall–Kier alpha value is -3.92. The minimum Gasteiger partial charge on any atom is -0.364 e. The molecule has 35 heavy (non-hydrogen) atoms. The number of imidazole rings is 2. The molecule has 2 aromatic carbocycles. The number of nitrogens with one attached hydrogen (secondary N) is 2. The third-order valence-corrected chi connectivity index (χ3v) is 6.06. The van der Waals surface area contributed by atoms with Crippen LogP contribution >= 0.6 is 11.6 Å². The van der Waals surface area contributed by atoms with Crippen LogP contribution in [0, 0.1) is 6.92 Å². The molecule has 3 aromatic heterocycles. The second-order valence-corrected chi connectivity index (χ2v) is 8.42. The van der Waals surface area contributed by atoms with Crippen molar-refractivity contribution in [1.82, 2.24) is 29.5 Å². The smallest absolute Gasteiger partial charge is 0.364 e. The van der Waals surface area contributed by atoms with E-state index in [2.05, 4.69) is 30.2 Å². The van der Waals surface area contributed by atoms with Gasteiger partial charge in [0, 0.05) is 30.9 Å². The van der Waals surface area contributed by atoms with Crippen LogP contribution in [0.2, 0.25) is 5.02 Å². The maximum atomic E-state index is 13.0. The molecular formula is C24H19ClF3N7. The number of aromatic amines is 1. The van der Waals surface area contributed by atoms with Crippen LogP contribution in [0.3, 0.4) is 0 Å². The lowest BCUT2D eigenvalue weighted by Gasteiger charge is -2.11. The maximum Gasteiger partial charge on any atom is 0.434 e. The maximum absolute atomic E-state index is 13.0. The number of hydrogen-bond donors (Lipinski definition) is 2. The van der Waals surface area contributed by atoms with E-state index in [4.69, 9.17) is 11.6 Å². The third-order valence-electron chi connectivity index (χ3n) is 5.56. The molecule has 0 aliphatic heterocycles. The van der Waals surface area contributed by atoms with Gasteiger partial charge in [-0.25, -0.2) is 19.9 Å². The van der Waals surface area contributed by atoms with Gasteiger partial charge in [-0.1, -0.05) is 48.0 Å². The van der Waals surface area contributed by atoms with Gasteiger partial charge < -0.3 is 14.9 Å². The Bertz CT molecular complexity index is 1520. The molecule has 0 atom stereocenters. The van der Waals surface area contributed by atoms with Gasteiger partial charge in [-0.05, 0) is 24.1 Å². The van der Waals surface area contributed by atoms with Crippen molar-refractivity contribution in [2.75, 3.05) is 5.32 Å². The fraction of sp³-hybridized carbons (Fsp3) is 0.167. The lowest BCUT2D eigenvalue weighted by atomic mass is 10.1. The third kappa shape index (κ3) is 4.44. The summed E-state index contributed by atoms with van der Waals surface area (Å²) in [5.41, 5.74) is 3.35. The number of aryl methyl sites for hydroxylation is 2. The molecule has 0 spiro atoms. The molecule has 3 heterocycles. The molecule has 0 saturated heterocycles. The van der Waals surface area contributed by atoms with Gasteiger partial charge in [0.1, 0.15) is 11.3 Å². The van der Waals surface area contributed by atoms with E-state index in [1.807, 2.05) is 37.3 Å². The molecule has 0 aliphatic rings. The van der Waals surface area contributed by atoms with Crippen molar-refractivity contribution in [2.24, 2.45) is 7.05 Å². The van der Waals surface area contributed by atoms with Crippen molar-refractivity contribution in [2.45, 2.75) is 19.6 Å². The molecule has 2 N–H and O–H groups in total.